The largest absolute Gasteiger partial charge is 0.396 e. The molecule has 0 amide bonds. The minimum Gasteiger partial charge on any atom is -0.396 e. The molecule has 10 rings (SSSR count). The molecule has 1 heterocycles. The Balaban J connectivity index is 1.07. The first-order valence-electron chi connectivity index (χ1n) is 24.2. The molecular weight excluding hydrogens is 737 g/mol. The van der Waals surface area contributed by atoms with E-state index >= 15 is 0 Å². The number of nitrogens with zero attached hydrogens (tertiary/aromatic N) is 2. The molecule has 8 nitrogen and oxygen atoms in total. The zero-order chi connectivity index (χ0) is 41.3. The molecule has 9 aliphatic carbocycles. The van der Waals surface area contributed by atoms with E-state index in [-0.39, 0.29) is 59.7 Å². The molecule has 0 aliphatic heterocycles. The van der Waals surface area contributed by atoms with E-state index in [9.17, 15) is 30.3 Å². The predicted octanol–water partition coefficient (Wildman–Crippen LogP) is 8.27. The summed E-state index contributed by atoms with van der Waals surface area (Å²) in [4.78, 5) is 18.6. The summed E-state index contributed by atoms with van der Waals surface area (Å²) in [5.74, 6) is 0.447. The molecule has 1 spiro atoms. The van der Waals surface area contributed by atoms with Crippen LogP contribution in [-0.2, 0) is 11.3 Å². The van der Waals surface area contributed by atoms with E-state index in [0.29, 0.717) is 36.5 Å². The summed E-state index contributed by atoms with van der Waals surface area (Å²) >= 11 is 0. The Morgan fingerprint density at radius 3 is 2.42 bits per heavy atom. The number of imidazole rings is 1. The number of hydrogen-bond donors (Lipinski definition) is 5. The second-order valence-electron chi connectivity index (χ2n) is 23.0. The summed E-state index contributed by atoms with van der Waals surface area (Å²) in [6.45, 7) is 10.3. The normalized spacial score (nSPS) is 45.1. The van der Waals surface area contributed by atoms with Crippen LogP contribution < -0.4 is 0 Å². The van der Waals surface area contributed by atoms with Crippen LogP contribution in [0.4, 0.5) is 0 Å². The first-order chi connectivity index (χ1) is 28.2. The van der Waals surface area contributed by atoms with Crippen molar-refractivity contribution in [1.29, 1.82) is 0 Å². The van der Waals surface area contributed by atoms with Crippen molar-refractivity contribution in [1.82, 2.24) is 9.55 Å². The molecular formula is C51H74N2O6. The average Bonchev–Trinajstić information content (AvgIpc) is 3.95. The number of aliphatic hydroxyl groups is 5. The van der Waals surface area contributed by atoms with E-state index in [1.54, 1.807) is 28.4 Å². The molecule has 14 unspecified atom stereocenters. The predicted molar refractivity (Wildman–Crippen MR) is 227 cm³/mol. The molecule has 6 saturated carbocycles. The second kappa shape index (κ2) is 14.5. The Labute approximate surface area is 353 Å². The number of carbonyl (C=O) groups is 1. The van der Waals surface area contributed by atoms with Crippen molar-refractivity contribution in [2.45, 2.75) is 180 Å². The van der Waals surface area contributed by atoms with Gasteiger partial charge in [0.15, 0.2) is 5.78 Å². The van der Waals surface area contributed by atoms with Gasteiger partial charge in [0.05, 0.1) is 30.2 Å². The third kappa shape index (κ3) is 5.83. The second-order valence-corrected chi connectivity index (χ2v) is 23.0. The van der Waals surface area contributed by atoms with Gasteiger partial charge in [-0.25, -0.2) is 4.98 Å². The quantitative estimate of drug-likeness (QED) is 0.167. The number of carbonyl (C=O) groups excluding carboxylic acids is 1. The zero-order valence-corrected chi connectivity index (χ0v) is 36.5. The number of aliphatic hydroxyl groups excluding tert-OH is 4. The van der Waals surface area contributed by atoms with Crippen molar-refractivity contribution in [2.24, 2.45) is 69.0 Å². The highest BCUT2D eigenvalue weighted by Gasteiger charge is 2.71. The van der Waals surface area contributed by atoms with E-state index in [2.05, 4.69) is 43.4 Å². The van der Waals surface area contributed by atoms with Gasteiger partial charge in [0.1, 0.15) is 0 Å². The summed E-state index contributed by atoms with van der Waals surface area (Å²) in [6, 6.07) is 0. The van der Waals surface area contributed by atoms with Crippen LogP contribution in [0.25, 0.3) is 0 Å². The summed E-state index contributed by atoms with van der Waals surface area (Å²) in [5, 5.41) is 59.3. The number of aryl methyl sites for hydroxylation is 1. The van der Waals surface area contributed by atoms with Crippen molar-refractivity contribution in [2.75, 3.05) is 6.61 Å². The summed E-state index contributed by atoms with van der Waals surface area (Å²) in [7, 11) is 0. The van der Waals surface area contributed by atoms with Crippen LogP contribution in [0.15, 0.2) is 52.7 Å². The first kappa shape index (κ1) is 40.9. The molecule has 6 fully saturated rings. The van der Waals surface area contributed by atoms with Crippen LogP contribution in [-0.4, -0.2) is 71.4 Å². The topological polar surface area (TPSA) is 136 Å². The third-order valence-corrected chi connectivity index (χ3v) is 20.1. The summed E-state index contributed by atoms with van der Waals surface area (Å²) in [5.41, 5.74) is 5.36. The van der Waals surface area contributed by atoms with Gasteiger partial charge in [-0.05, 0) is 167 Å². The summed E-state index contributed by atoms with van der Waals surface area (Å²) in [6.07, 6.45) is 24.2. The lowest BCUT2D eigenvalue weighted by molar-refractivity contribution is -0.161. The van der Waals surface area contributed by atoms with Crippen molar-refractivity contribution in [3.05, 3.63) is 52.7 Å². The highest BCUT2D eigenvalue weighted by molar-refractivity contribution is 5.95. The summed E-state index contributed by atoms with van der Waals surface area (Å²) < 4.78 is 2.22. The molecule has 8 heteroatoms. The monoisotopic (exact) mass is 811 g/mol. The van der Waals surface area contributed by atoms with Crippen molar-refractivity contribution in [3.63, 3.8) is 0 Å². The molecule has 1 aromatic rings. The Hall–Kier alpha value is -2.10. The van der Waals surface area contributed by atoms with Crippen molar-refractivity contribution < 1.29 is 30.3 Å². The van der Waals surface area contributed by atoms with E-state index in [1.807, 2.05) is 12.5 Å². The van der Waals surface area contributed by atoms with Gasteiger partial charge in [-0.3, -0.25) is 4.79 Å². The number of ketones is 1. The Morgan fingerprint density at radius 2 is 1.68 bits per heavy atom. The molecule has 324 valence electrons. The van der Waals surface area contributed by atoms with E-state index < -0.39 is 34.7 Å². The lowest BCUT2D eigenvalue weighted by Gasteiger charge is -2.62. The number of fused-ring (bicyclic) bond motifs is 8. The lowest BCUT2D eigenvalue weighted by atomic mass is 9.44. The van der Waals surface area contributed by atoms with Gasteiger partial charge in [-0.15, -0.1) is 0 Å². The highest BCUT2D eigenvalue weighted by atomic mass is 16.3. The van der Waals surface area contributed by atoms with Gasteiger partial charge >= 0.3 is 0 Å². The minimum absolute atomic E-state index is 0.00413. The van der Waals surface area contributed by atoms with Crippen LogP contribution in [0.5, 0.6) is 0 Å². The van der Waals surface area contributed by atoms with Gasteiger partial charge < -0.3 is 30.1 Å². The van der Waals surface area contributed by atoms with Gasteiger partial charge in [0.2, 0.25) is 0 Å². The molecule has 14 atom stereocenters. The van der Waals surface area contributed by atoms with E-state index in [1.165, 1.54) is 57.8 Å². The van der Waals surface area contributed by atoms with Crippen LogP contribution in [0.2, 0.25) is 0 Å². The SMILES string of the molecule is CC(C)(CCn1ccnc1)C1=C2CCCC3(CCCC3)C2C2=C3C(CCC2)CC(C2CC(CCCO)C4(O)C5=CC(=O)C6CC(O)C(O)CC6(C)C5CCC24C)C(O)C31. The molecule has 9 aliphatic rings. The van der Waals surface area contributed by atoms with Gasteiger partial charge in [-0.2, -0.15) is 0 Å². The molecule has 5 N–H and O–H groups in total. The fourth-order valence-corrected chi connectivity index (χ4v) is 17.5. The Kier molecular flexibility index (Phi) is 10.0. The fourth-order valence-electron chi connectivity index (χ4n) is 17.5. The van der Waals surface area contributed by atoms with Crippen LogP contribution in [0, 0.1) is 69.0 Å². The average molecular weight is 811 g/mol. The molecule has 59 heavy (non-hydrogen) atoms. The molecule has 1 aromatic heterocycles. The standard InChI is InChI=1S/C51H74N2O6/c1-47(2,19-21-53-22-20-52-29-53)45-33-13-8-17-50(15-5-6-16-50)44(33)32-12-7-10-30-24-34(46(58)43(45)42(30)32)36-25-31(11-9-23-54)51(59)37-26-39(55)38-27-40(56)41(57)28-48(38,3)35(37)14-18-49(36,51)4/h20,22,26,29-31,34-36,38,40-41,43-44,46,54,56-59H,5-19,21,23-25,27-28H2,1-4H3. The first-order valence-corrected chi connectivity index (χ1v) is 24.2. The zero-order valence-electron chi connectivity index (χ0n) is 36.5. The number of hydrogen-bond acceptors (Lipinski definition) is 7. The number of rotatable bonds is 8. The maximum Gasteiger partial charge on any atom is 0.159 e. The maximum atomic E-state index is 14.2. The number of allylic oxidation sites excluding steroid dienone is 3. The highest BCUT2D eigenvalue weighted by Crippen LogP contribution is 2.73. The van der Waals surface area contributed by atoms with E-state index in [0.717, 1.165) is 50.6 Å². The maximum absolute atomic E-state index is 14.2. The fraction of sp³-hybridized carbons (Fsp3) is 0.804. The molecule has 0 radical (unpaired) electrons. The number of aromatic nitrogens is 2. The van der Waals surface area contributed by atoms with E-state index in [4.69, 9.17) is 0 Å². The molecule has 0 aromatic carbocycles. The van der Waals surface area contributed by atoms with Gasteiger partial charge in [0, 0.05) is 48.7 Å². The van der Waals surface area contributed by atoms with Crippen LogP contribution in [0.1, 0.15) is 150 Å². The molecule has 0 bridgehead atoms. The Morgan fingerprint density at radius 1 is 0.915 bits per heavy atom. The van der Waals surface area contributed by atoms with Crippen LogP contribution >= 0.6 is 0 Å². The lowest BCUT2D eigenvalue weighted by Crippen LogP contribution is -2.63. The third-order valence-electron chi connectivity index (χ3n) is 20.1. The molecule has 0 saturated heterocycles. The Bertz CT molecular complexity index is 1910. The van der Waals surface area contributed by atoms with Crippen LogP contribution in [0.3, 0.4) is 0 Å². The van der Waals surface area contributed by atoms with Gasteiger partial charge in [-0.1, -0.05) is 62.8 Å². The minimum atomic E-state index is -1.25. The van der Waals surface area contributed by atoms with Crippen molar-refractivity contribution in [3.8, 4) is 0 Å². The smallest absolute Gasteiger partial charge is 0.159 e. The van der Waals surface area contributed by atoms with Crippen molar-refractivity contribution >= 4 is 5.78 Å². The van der Waals surface area contributed by atoms with Gasteiger partial charge in [0.25, 0.3) is 0 Å².